The predicted octanol–water partition coefficient (Wildman–Crippen LogP) is 15.4. The Labute approximate surface area is 352 Å². The lowest BCUT2D eigenvalue weighted by molar-refractivity contribution is 0.737. The minimum Gasteiger partial charge on any atom is -0.333 e. The molecule has 2 atom stereocenters. The van der Waals surface area contributed by atoms with Crippen LogP contribution >= 0.6 is 0 Å². The second-order valence-electron chi connectivity index (χ2n) is 15.7. The maximum absolute atomic E-state index is 2.59. The number of hydrogen-bond donors (Lipinski definition) is 0. The summed E-state index contributed by atoms with van der Waals surface area (Å²) in [6.45, 7) is 0. The van der Waals surface area contributed by atoms with Gasteiger partial charge in [-0.05, 0) is 98.4 Å². The standard InChI is InChI=1S/C58H42N2/c1-5-18-41(19-6-1)43-32-34-49(35-33-43)59(55-31-16-15-29-51(55)44-22-9-3-10-23-44)50-36-37-56-54(40-50)57-53(46-26-17-25-45(38-46)42-20-7-2-8-21-42)39-47-24-13-14-30-52(47)58(57)60(56)48-27-11-4-12-28-48/h1-40,54,56H. The Morgan fingerprint density at radius 3 is 1.72 bits per heavy atom. The van der Waals surface area contributed by atoms with E-state index in [1.54, 1.807) is 0 Å². The molecule has 0 fully saturated rings. The van der Waals surface area contributed by atoms with Gasteiger partial charge in [-0.1, -0.05) is 194 Å². The zero-order valence-electron chi connectivity index (χ0n) is 33.1. The Kier molecular flexibility index (Phi) is 9.02. The van der Waals surface area contributed by atoms with Gasteiger partial charge >= 0.3 is 0 Å². The molecule has 1 aliphatic carbocycles. The van der Waals surface area contributed by atoms with Gasteiger partial charge in [0.15, 0.2) is 0 Å². The van der Waals surface area contributed by atoms with Crippen LogP contribution in [-0.4, -0.2) is 6.04 Å². The quantitative estimate of drug-likeness (QED) is 0.152. The molecule has 1 aliphatic heterocycles. The van der Waals surface area contributed by atoms with E-state index < -0.39 is 0 Å². The van der Waals surface area contributed by atoms with E-state index in [9.17, 15) is 0 Å². The van der Waals surface area contributed by atoms with Crippen molar-refractivity contribution in [3.8, 4) is 44.5 Å². The van der Waals surface area contributed by atoms with Crippen LogP contribution in [0.2, 0.25) is 0 Å². The zero-order valence-corrected chi connectivity index (χ0v) is 33.1. The summed E-state index contributed by atoms with van der Waals surface area (Å²) in [5.41, 5.74) is 16.9. The average molecular weight is 767 g/mol. The first-order chi connectivity index (χ1) is 29.8. The van der Waals surface area contributed by atoms with Gasteiger partial charge in [-0.25, -0.2) is 0 Å². The van der Waals surface area contributed by atoms with Gasteiger partial charge in [0.1, 0.15) is 0 Å². The van der Waals surface area contributed by atoms with E-state index in [2.05, 4.69) is 252 Å². The number of nitrogens with zero attached hydrogens (tertiary/aromatic N) is 2. The summed E-state index contributed by atoms with van der Waals surface area (Å²) < 4.78 is 0. The summed E-state index contributed by atoms with van der Waals surface area (Å²) >= 11 is 0. The fraction of sp³-hybridized carbons (Fsp3) is 0.0345. The molecule has 0 saturated heterocycles. The smallest absolute Gasteiger partial charge is 0.0631 e. The number of anilines is 4. The van der Waals surface area contributed by atoms with Gasteiger partial charge in [-0.3, -0.25) is 0 Å². The molecule has 2 aliphatic rings. The van der Waals surface area contributed by atoms with Gasteiger partial charge in [0.2, 0.25) is 0 Å². The number of fused-ring (bicyclic) bond motifs is 5. The largest absolute Gasteiger partial charge is 0.333 e. The first kappa shape index (κ1) is 35.5. The second-order valence-corrected chi connectivity index (χ2v) is 15.7. The summed E-state index contributed by atoms with van der Waals surface area (Å²) in [4.78, 5) is 5.05. The Morgan fingerprint density at radius 2 is 0.983 bits per heavy atom. The van der Waals surface area contributed by atoms with Gasteiger partial charge in [0.05, 0.1) is 17.4 Å². The van der Waals surface area contributed by atoms with Crippen LogP contribution in [0.4, 0.5) is 22.7 Å². The molecule has 2 unspecified atom stereocenters. The van der Waals surface area contributed by atoms with Crippen molar-refractivity contribution in [3.63, 3.8) is 0 Å². The van der Waals surface area contributed by atoms with Crippen LogP contribution in [0.5, 0.6) is 0 Å². The Bertz CT molecular complexity index is 3020. The highest BCUT2D eigenvalue weighted by Gasteiger charge is 2.42. The van der Waals surface area contributed by atoms with Crippen LogP contribution < -0.4 is 9.80 Å². The van der Waals surface area contributed by atoms with E-state index >= 15 is 0 Å². The molecule has 0 saturated carbocycles. The van der Waals surface area contributed by atoms with Gasteiger partial charge in [0, 0.05) is 33.9 Å². The number of para-hydroxylation sites is 2. The van der Waals surface area contributed by atoms with Crippen molar-refractivity contribution in [2.75, 3.05) is 9.80 Å². The van der Waals surface area contributed by atoms with Crippen LogP contribution in [0.3, 0.4) is 0 Å². The van der Waals surface area contributed by atoms with Gasteiger partial charge in [0.25, 0.3) is 0 Å². The lowest BCUT2D eigenvalue weighted by Crippen LogP contribution is -2.31. The fourth-order valence-corrected chi connectivity index (χ4v) is 9.41. The Hall–Kier alpha value is -7.68. The van der Waals surface area contributed by atoms with Crippen molar-refractivity contribution in [2.45, 2.75) is 12.0 Å². The lowest BCUT2D eigenvalue weighted by Gasteiger charge is -2.34. The highest BCUT2D eigenvalue weighted by Crippen LogP contribution is 2.55. The summed E-state index contributed by atoms with van der Waals surface area (Å²) in [5.74, 6) is 0.0511. The second kappa shape index (κ2) is 15.2. The molecule has 11 rings (SSSR count). The normalized spacial score (nSPS) is 15.3. The molecular formula is C58H42N2. The molecule has 0 radical (unpaired) electrons. The number of rotatable bonds is 8. The zero-order chi connectivity index (χ0) is 39.8. The molecule has 2 heteroatoms. The van der Waals surface area contributed by atoms with Crippen LogP contribution in [0.25, 0.3) is 55.3 Å². The van der Waals surface area contributed by atoms with Crippen molar-refractivity contribution in [3.05, 3.63) is 254 Å². The highest BCUT2D eigenvalue weighted by molar-refractivity contribution is 6.05. The fourth-order valence-electron chi connectivity index (χ4n) is 9.41. The summed E-state index contributed by atoms with van der Waals surface area (Å²) in [6.07, 6.45) is 7.34. The van der Waals surface area contributed by atoms with Crippen molar-refractivity contribution >= 4 is 33.5 Å². The third-order valence-corrected chi connectivity index (χ3v) is 12.2. The molecule has 0 spiro atoms. The Morgan fingerprint density at radius 1 is 0.417 bits per heavy atom. The maximum Gasteiger partial charge on any atom is 0.0631 e. The predicted molar refractivity (Wildman–Crippen MR) is 253 cm³/mol. The molecule has 9 aromatic carbocycles. The SMILES string of the molecule is C1=CC2C(C=C1N(c1ccc(-c3ccccc3)cc1)c1ccccc1-c1ccccc1)c1c(-c3cccc(-c4ccccc4)c3)cc3ccccc3c1N2c1ccccc1. The molecule has 0 aromatic heterocycles. The summed E-state index contributed by atoms with van der Waals surface area (Å²) in [7, 11) is 0. The van der Waals surface area contributed by atoms with Crippen LogP contribution in [0, 0.1) is 0 Å². The molecule has 9 aromatic rings. The average Bonchev–Trinajstić information content (AvgIpc) is 3.68. The van der Waals surface area contributed by atoms with Gasteiger partial charge < -0.3 is 9.80 Å². The molecular weight excluding hydrogens is 725 g/mol. The number of hydrogen-bond acceptors (Lipinski definition) is 2. The number of allylic oxidation sites excluding steroid dienone is 1. The minimum absolute atomic E-state index is 0.0511. The van der Waals surface area contributed by atoms with Crippen molar-refractivity contribution in [2.24, 2.45) is 0 Å². The molecule has 284 valence electrons. The molecule has 0 amide bonds. The van der Waals surface area contributed by atoms with Crippen LogP contribution in [0.1, 0.15) is 11.5 Å². The van der Waals surface area contributed by atoms with E-state index in [0.717, 1.165) is 17.1 Å². The van der Waals surface area contributed by atoms with Crippen LogP contribution in [-0.2, 0) is 0 Å². The lowest BCUT2D eigenvalue weighted by atomic mass is 9.83. The first-order valence-corrected chi connectivity index (χ1v) is 20.8. The van der Waals surface area contributed by atoms with Gasteiger partial charge in [-0.15, -0.1) is 0 Å². The summed E-state index contributed by atoms with van der Waals surface area (Å²) in [5, 5.41) is 2.50. The Balaban J connectivity index is 1.14. The van der Waals surface area contributed by atoms with Crippen molar-refractivity contribution in [1.82, 2.24) is 0 Å². The molecule has 1 heterocycles. The molecule has 0 N–H and O–H groups in total. The molecule has 0 bridgehead atoms. The monoisotopic (exact) mass is 766 g/mol. The van der Waals surface area contributed by atoms with Crippen LogP contribution in [0.15, 0.2) is 248 Å². The van der Waals surface area contributed by atoms with E-state index in [4.69, 9.17) is 0 Å². The van der Waals surface area contributed by atoms with Crippen molar-refractivity contribution < 1.29 is 0 Å². The van der Waals surface area contributed by atoms with Gasteiger partial charge in [-0.2, -0.15) is 0 Å². The third kappa shape index (κ3) is 6.31. The van der Waals surface area contributed by atoms with E-state index in [1.165, 1.54) is 72.2 Å². The maximum atomic E-state index is 2.59. The molecule has 2 nitrogen and oxygen atoms in total. The third-order valence-electron chi connectivity index (χ3n) is 12.2. The highest BCUT2D eigenvalue weighted by atomic mass is 15.2. The minimum atomic E-state index is 0.0511. The van der Waals surface area contributed by atoms with E-state index in [-0.39, 0.29) is 12.0 Å². The van der Waals surface area contributed by atoms with Crippen molar-refractivity contribution in [1.29, 1.82) is 0 Å². The van der Waals surface area contributed by atoms with E-state index in [0.29, 0.717) is 0 Å². The first-order valence-electron chi connectivity index (χ1n) is 20.8. The topological polar surface area (TPSA) is 6.48 Å². The number of benzene rings is 9. The summed E-state index contributed by atoms with van der Waals surface area (Å²) in [6, 6.07) is 81.5. The van der Waals surface area contributed by atoms with E-state index in [1.807, 2.05) is 0 Å². The molecule has 60 heavy (non-hydrogen) atoms.